The Bertz CT molecular complexity index is 421. The lowest BCUT2D eigenvalue weighted by Crippen LogP contribution is -2.42. The summed E-state index contributed by atoms with van der Waals surface area (Å²) in [5.41, 5.74) is 3.05. The van der Waals surface area contributed by atoms with E-state index in [2.05, 4.69) is 46.0 Å². The van der Waals surface area contributed by atoms with Gasteiger partial charge in [-0.25, -0.2) is 0 Å². The third kappa shape index (κ3) is 2.28. The van der Waals surface area contributed by atoms with Crippen molar-refractivity contribution in [1.82, 2.24) is 4.90 Å². The van der Waals surface area contributed by atoms with Crippen LogP contribution in [0.3, 0.4) is 0 Å². The highest BCUT2D eigenvalue weighted by Crippen LogP contribution is 2.37. The fourth-order valence-corrected chi connectivity index (χ4v) is 3.44. The van der Waals surface area contributed by atoms with E-state index in [0.29, 0.717) is 12.1 Å². The van der Waals surface area contributed by atoms with Crippen molar-refractivity contribution in [2.24, 2.45) is 0 Å². The number of aryl methyl sites for hydroxylation is 1. The predicted octanol–water partition coefficient (Wildman–Crippen LogP) is 3.16. The molecule has 2 aliphatic rings. The molecule has 17 heavy (non-hydrogen) atoms. The van der Waals surface area contributed by atoms with Crippen LogP contribution in [-0.4, -0.2) is 30.7 Å². The second-order valence-electron chi connectivity index (χ2n) is 5.07. The summed E-state index contributed by atoms with van der Waals surface area (Å²) in [6.07, 6.45) is 2.86. The van der Waals surface area contributed by atoms with E-state index >= 15 is 0 Å². The van der Waals surface area contributed by atoms with E-state index in [1.54, 1.807) is 0 Å². The summed E-state index contributed by atoms with van der Waals surface area (Å²) in [6.45, 7) is 5.18. The van der Waals surface area contributed by atoms with Gasteiger partial charge in [-0.05, 0) is 43.0 Å². The van der Waals surface area contributed by atoms with Crippen molar-refractivity contribution >= 4 is 15.9 Å². The zero-order valence-corrected chi connectivity index (χ0v) is 11.7. The lowest BCUT2D eigenvalue weighted by atomic mass is 10.1. The second kappa shape index (κ2) is 4.71. The van der Waals surface area contributed by atoms with Crippen LogP contribution in [-0.2, 0) is 11.2 Å². The Balaban J connectivity index is 1.84. The summed E-state index contributed by atoms with van der Waals surface area (Å²) >= 11 is 3.59. The smallest absolute Gasteiger partial charge is 0.0674 e. The lowest BCUT2D eigenvalue weighted by Gasteiger charge is -2.36. The van der Waals surface area contributed by atoms with Crippen LogP contribution < -0.4 is 0 Å². The molecule has 1 aromatic carbocycles. The van der Waals surface area contributed by atoms with Crippen molar-refractivity contribution in [3.63, 3.8) is 0 Å². The van der Waals surface area contributed by atoms with Gasteiger partial charge in [-0.3, -0.25) is 4.90 Å². The van der Waals surface area contributed by atoms with Gasteiger partial charge in [0, 0.05) is 23.6 Å². The van der Waals surface area contributed by atoms with Gasteiger partial charge >= 0.3 is 0 Å². The third-order valence-corrected chi connectivity index (χ3v) is 4.36. The first-order chi connectivity index (χ1) is 8.24. The number of ether oxygens (including phenoxy) is 1. The molecule has 1 heterocycles. The molecule has 3 heteroatoms. The van der Waals surface area contributed by atoms with Gasteiger partial charge in [0.2, 0.25) is 0 Å². The fraction of sp³-hybridized carbons (Fsp3) is 0.571. The van der Waals surface area contributed by atoms with Gasteiger partial charge in [-0.2, -0.15) is 0 Å². The van der Waals surface area contributed by atoms with Crippen LogP contribution in [0.15, 0.2) is 22.7 Å². The highest BCUT2D eigenvalue weighted by atomic mass is 79.9. The summed E-state index contributed by atoms with van der Waals surface area (Å²) in [4.78, 5) is 2.59. The Morgan fingerprint density at radius 2 is 2.29 bits per heavy atom. The van der Waals surface area contributed by atoms with Crippen molar-refractivity contribution < 1.29 is 4.74 Å². The third-order valence-electron chi connectivity index (χ3n) is 3.87. The number of halogens is 1. The predicted molar refractivity (Wildman–Crippen MR) is 72.2 cm³/mol. The molecule has 3 rings (SSSR count). The Labute approximate surface area is 111 Å². The number of rotatable bonds is 1. The molecule has 1 saturated heterocycles. The Morgan fingerprint density at radius 1 is 1.41 bits per heavy atom. The maximum absolute atomic E-state index is 5.63. The molecule has 0 N–H and O–H groups in total. The highest BCUT2D eigenvalue weighted by Gasteiger charge is 2.30. The second-order valence-corrected chi connectivity index (χ2v) is 5.99. The average Bonchev–Trinajstić information content (AvgIpc) is 2.71. The fourth-order valence-electron chi connectivity index (χ4n) is 3.06. The lowest BCUT2D eigenvalue weighted by molar-refractivity contribution is -0.0343. The first kappa shape index (κ1) is 11.7. The Hall–Kier alpha value is -0.380. The molecular weight excluding hydrogens is 278 g/mol. The summed E-state index contributed by atoms with van der Waals surface area (Å²) in [5.74, 6) is 0. The molecule has 1 fully saturated rings. The van der Waals surface area contributed by atoms with Gasteiger partial charge in [0.25, 0.3) is 0 Å². The molecule has 2 unspecified atom stereocenters. The molecule has 0 spiro atoms. The molecule has 1 aliphatic heterocycles. The summed E-state index contributed by atoms with van der Waals surface area (Å²) in [5, 5.41) is 0. The topological polar surface area (TPSA) is 12.5 Å². The molecular formula is C14H18BrNO. The Morgan fingerprint density at radius 3 is 3.12 bits per heavy atom. The normalized spacial score (nSPS) is 29.3. The minimum Gasteiger partial charge on any atom is -0.376 e. The number of fused-ring (bicyclic) bond motifs is 1. The van der Waals surface area contributed by atoms with Gasteiger partial charge < -0.3 is 4.74 Å². The van der Waals surface area contributed by atoms with Crippen molar-refractivity contribution in [2.45, 2.75) is 31.9 Å². The van der Waals surface area contributed by atoms with Crippen molar-refractivity contribution in [3.05, 3.63) is 33.8 Å². The molecule has 0 bridgehead atoms. The molecule has 1 aromatic rings. The first-order valence-electron chi connectivity index (χ1n) is 6.38. The van der Waals surface area contributed by atoms with E-state index in [1.807, 2.05) is 0 Å². The minimum absolute atomic E-state index is 0.375. The van der Waals surface area contributed by atoms with Crippen LogP contribution >= 0.6 is 15.9 Å². The van der Waals surface area contributed by atoms with Crippen LogP contribution in [0.5, 0.6) is 0 Å². The standard InChI is InChI=1S/C14H18BrNO/c1-10-9-16(6-7-17-10)14-5-3-11-2-4-12(15)8-13(11)14/h2,4,8,10,14H,3,5-7,9H2,1H3. The summed E-state index contributed by atoms with van der Waals surface area (Å²) in [7, 11) is 0. The zero-order chi connectivity index (χ0) is 11.8. The zero-order valence-electron chi connectivity index (χ0n) is 10.2. The average molecular weight is 296 g/mol. The summed E-state index contributed by atoms with van der Waals surface area (Å²) < 4.78 is 6.83. The van der Waals surface area contributed by atoms with Gasteiger partial charge in [0.15, 0.2) is 0 Å². The number of hydrogen-bond donors (Lipinski definition) is 0. The van der Waals surface area contributed by atoms with Crippen LogP contribution in [0.2, 0.25) is 0 Å². The molecule has 2 atom stereocenters. The van der Waals surface area contributed by atoms with Crippen molar-refractivity contribution in [1.29, 1.82) is 0 Å². The van der Waals surface area contributed by atoms with E-state index in [9.17, 15) is 0 Å². The first-order valence-corrected chi connectivity index (χ1v) is 7.17. The van der Waals surface area contributed by atoms with Gasteiger partial charge in [0.05, 0.1) is 12.7 Å². The quantitative estimate of drug-likeness (QED) is 0.789. The molecule has 0 radical (unpaired) electrons. The summed E-state index contributed by atoms with van der Waals surface area (Å²) in [6, 6.07) is 7.33. The molecule has 92 valence electrons. The van der Waals surface area contributed by atoms with Gasteiger partial charge in [0.1, 0.15) is 0 Å². The number of hydrogen-bond acceptors (Lipinski definition) is 2. The van der Waals surface area contributed by atoms with Gasteiger partial charge in [-0.1, -0.05) is 22.0 Å². The molecule has 0 amide bonds. The molecule has 2 nitrogen and oxygen atoms in total. The van der Waals surface area contributed by atoms with Crippen LogP contribution in [0.1, 0.15) is 30.5 Å². The number of benzene rings is 1. The molecule has 0 saturated carbocycles. The SMILES string of the molecule is CC1CN(C2CCc3ccc(Br)cc32)CCO1. The van der Waals surface area contributed by atoms with E-state index in [-0.39, 0.29) is 0 Å². The number of nitrogens with zero attached hydrogens (tertiary/aromatic N) is 1. The van der Waals surface area contributed by atoms with Crippen molar-refractivity contribution in [2.75, 3.05) is 19.7 Å². The van der Waals surface area contributed by atoms with E-state index in [4.69, 9.17) is 4.74 Å². The van der Waals surface area contributed by atoms with Crippen molar-refractivity contribution in [3.8, 4) is 0 Å². The number of morpholine rings is 1. The van der Waals surface area contributed by atoms with E-state index in [1.165, 1.54) is 28.4 Å². The van der Waals surface area contributed by atoms with Crippen LogP contribution in [0.25, 0.3) is 0 Å². The van der Waals surface area contributed by atoms with Gasteiger partial charge in [-0.15, -0.1) is 0 Å². The highest BCUT2D eigenvalue weighted by molar-refractivity contribution is 9.10. The Kier molecular flexibility index (Phi) is 3.24. The van der Waals surface area contributed by atoms with E-state index < -0.39 is 0 Å². The maximum Gasteiger partial charge on any atom is 0.0674 e. The maximum atomic E-state index is 5.63. The molecule has 0 aromatic heterocycles. The van der Waals surface area contributed by atoms with Crippen LogP contribution in [0, 0.1) is 0 Å². The largest absolute Gasteiger partial charge is 0.376 e. The molecule has 1 aliphatic carbocycles. The minimum atomic E-state index is 0.375. The van der Waals surface area contributed by atoms with E-state index in [0.717, 1.165) is 19.7 Å². The monoisotopic (exact) mass is 295 g/mol. The van der Waals surface area contributed by atoms with Crippen LogP contribution in [0.4, 0.5) is 0 Å².